The Morgan fingerprint density at radius 1 is 0.905 bits per heavy atom. The lowest BCUT2D eigenvalue weighted by atomic mass is 9.78. The van der Waals surface area contributed by atoms with E-state index in [-0.39, 0.29) is 84.7 Å². The van der Waals surface area contributed by atoms with Crippen LogP contribution in [0.2, 0.25) is 0 Å². The van der Waals surface area contributed by atoms with Crippen LogP contribution in [0.25, 0.3) is 0 Å². The van der Waals surface area contributed by atoms with Crippen LogP contribution < -0.4 is 25.2 Å². The first-order valence-electron chi connectivity index (χ1n) is 24.5. The van der Waals surface area contributed by atoms with Gasteiger partial charge in [0.25, 0.3) is 11.7 Å². The van der Waals surface area contributed by atoms with Gasteiger partial charge in [0.2, 0.25) is 17.5 Å². The van der Waals surface area contributed by atoms with Crippen molar-refractivity contribution in [1.29, 1.82) is 0 Å². The normalized spacial score (nSPS) is 30.5. The Hall–Kier alpha value is -7.10. The topological polar surface area (TPSA) is 260 Å². The molecule has 5 bridgehead atoms. The first kappa shape index (κ1) is 54.7. The number of cyclic esters (lactones) is 1. The summed E-state index contributed by atoms with van der Waals surface area (Å²) in [4.78, 5) is 99.9. The lowest BCUT2D eigenvalue weighted by Gasteiger charge is -2.40. The van der Waals surface area contributed by atoms with E-state index in [1.54, 1.807) is 44.7 Å². The molecule has 10 atom stereocenters. The number of methoxy groups -OCH3 is 1. The van der Waals surface area contributed by atoms with Crippen molar-refractivity contribution in [3.8, 4) is 11.5 Å². The maximum Gasteiger partial charge on any atom is 0.414 e. The summed E-state index contributed by atoms with van der Waals surface area (Å²) in [5.41, 5.74) is -1.72. The third-order valence-corrected chi connectivity index (χ3v) is 14.6. The third-order valence-electron chi connectivity index (χ3n) is 14.6. The number of ether oxygens (including phenoxy) is 5. The molecular weight excluding hydrogens is 966 g/mol. The summed E-state index contributed by atoms with van der Waals surface area (Å²) in [5, 5.41) is 40.0. The highest BCUT2D eigenvalue weighted by molar-refractivity contribution is 6.32. The fourth-order valence-corrected chi connectivity index (χ4v) is 10.2. The minimum Gasteiger partial charge on any atom is -0.507 e. The van der Waals surface area contributed by atoms with Gasteiger partial charge < -0.3 is 59.4 Å². The van der Waals surface area contributed by atoms with Crippen LogP contribution in [-0.2, 0) is 33.3 Å². The second kappa shape index (κ2) is 21.8. The molecule has 2 saturated heterocycles. The van der Waals surface area contributed by atoms with E-state index in [0.717, 1.165) is 6.26 Å². The number of carbonyl (C=O) groups is 7. The van der Waals surface area contributed by atoms with E-state index in [9.17, 15) is 44.1 Å². The van der Waals surface area contributed by atoms with Crippen molar-refractivity contribution in [2.24, 2.45) is 23.7 Å². The Bertz CT molecular complexity index is 2760. The summed E-state index contributed by atoms with van der Waals surface area (Å²) < 4.78 is 45.0. The number of allylic oxidation sites excluding steroid dienone is 4. The molecule has 0 saturated carbocycles. The SMILES string of the molecule is CO[C@H]1/C=C/O[C@@]2(C)Oc3c(C)c(O)c4c(c3C2=O)C(=O)C(N2CCN(c3ccc(N5C[C@H](CNC(C)=O)OC5=O)cc3F)CC2)=C(NC(=O)/C(C)=C\C=C\[C@H](C)[C@H](O)[C@@H](C)[C@@H](O)[C@@H](C)[C@H](OC(C)=O)[C@@H]1C)C4=O. The number of amides is 3. The summed E-state index contributed by atoms with van der Waals surface area (Å²) in [7, 11) is 1.40. The number of benzene rings is 2. The quantitative estimate of drug-likeness (QED) is 0.241. The molecule has 1 aliphatic carbocycles. The number of ketones is 3. The van der Waals surface area contributed by atoms with Gasteiger partial charge in [-0.3, -0.25) is 33.7 Å². The molecule has 3 amide bonds. The predicted molar refractivity (Wildman–Crippen MR) is 265 cm³/mol. The largest absolute Gasteiger partial charge is 0.507 e. The van der Waals surface area contributed by atoms with Gasteiger partial charge in [0.1, 0.15) is 40.9 Å². The Morgan fingerprint density at radius 2 is 1.58 bits per heavy atom. The molecule has 5 aliphatic heterocycles. The van der Waals surface area contributed by atoms with Crippen LogP contribution in [0.5, 0.6) is 11.5 Å². The second-order valence-corrected chi connectivity index (χ2v) is 19.7. The molecule has 8 rings (SSSR count). The van der Waals surface area contributed by atoms with Crippen LogP contribution in [0, 0.1) is 36.4 Å². The maximum absolute atomic E-state index is 16.0. The molecule has 5 heterocycles. The minimum absolute atomic E-state index is 0.00922. The predicted octanol–water partition coefficient (Wildman–Crippen LogP) is 4.38. The van der Waals surface area contributed by atoms with Crippen molar-refractivity contribution in [2.45, 2.75) is 98.6 Å². The number of Topliss-reactive ketones (excluding diaryl/α,β-unsaturated/α-hetero) is 3. The number of piperazine rings is 1. The van der Waals surface area contributed by atoms with Gasteiger partial charge in [0, 0.05) is 88.9 Å². The molecule has 2 fully saturated rings. The van der Waals surface area contributed by atoms with Crippen molar-refractivity contribution in [1.82, 2.24) is 15.5 Å². The number of hydrogen-bond acceptors (Lipinski definition) is 17. The number of carbonyl (C=O) groups excluding carboxylic acids is 7. The molecule has 5 N–H and O–H groups in total. The number of nitrogens with one attached hydrogen (secondary N) is 2. The van der Waals surface area contributed by atoms with Crippen molar-refractivity contribution < 1.29 is 77.0 Å². The molecule has 0 spiro atoms. The number of nitrogens with zero attached hydrogens (tertiary/aromatic N) is 3. The number of fused-ring (bicyclic) bond motifs is 14. The first-order valence-corrected chi connectivity index (χ1v) is 24.5. The molecule has 20 nitrogen and oxygen atoms in total. The number of halogens is 1. The average Bonchev–Trinajstić information content (AvgIpc) is 3.87. The summed E-state index contributed by atoms with van der Waals surface area (Å²) in [5.74, 6) is -10.9. The number of aliphatic hydroxyl groups excluding tert-OH is 2. The van der Waals surface area contributed by atoms with E-state index >= 15 is 9.18 Å². The van der Waals surface area contributed by atoms with Crippen LogP contribution in [0.1, 0.15) is 92.0 Å². The van der Waals surface area contributed by atoms with Crippen molar-refractivity contribution >= 4 is 52.6 Å². The van der Waals surface area contributed by atoms with E-state index in [0.29, 0.717) is 0 Å². The van der Waals surface area contributed by atoms with E-state index < -0.39 is 124 Å². The lowest BCUT2D eigenvalue weighted by Crippen LogP contribution is -2.50. The van der Waals surface area contributed by atoms with Gasteiger partial charge in [-0.1, -0.05) is 45.9 Å². The molecule has 6 aliphatic rings. The zero-order valence-corrected chi connectivity index (χ0v) is 43.0. The van der Waals surface area contributed by atoms with Crippen molar-refractivity contribution in [3.63, 3.8) is 0 Å². The maximum atomic E-state index is 16.0. The molecule has 0 aromatic heterocycles. The number of aliphatic hydroxyl groups is 2. The van der Waals surface area contributed by atoms with Gasteiger partial charge in [-0.15, -0.1) is 0 Å². The molecule has 2 aromatic rings. The van der Waals surface area contributed by atoms with Crippen LogP contribution in [0.15, 0.2) is 65.7 Å². The Labute approximate surface area is 427 Å². The monoisotopic (exact) mass is 1030 g/mol. The molecule has 74 heavy (non-hydrogen) atoms. The van der Waals surface area contributed by atoms with E-state index in [1.165, 1.54) is 81.9 Å². The number of phenols is 1. The number of aromatic hydroxyl groups is 1. The Morgan fingerprint density at radius 3 is 2.22 bits per heavy atom. The van der Waals surface area contributed by atoms with Crippen molar-refractivity contribution in [3.05, 3.63) is 93.8 Å². The summed E-state index contributed by atoms with van der Waals surface area (Å²) in [6.07, 6.45) is 1.70. The fraction of sp³-hybridized carbons (Fsp3) is 0.491. The van der Waals surface area contributed by atoms with E-state index in [2.05, 4.69) is 10.6 Å². The third kappa shape index (κ3) is 10.5. The molecule has 2 aromatic carbocycles. The van der Waals surface area contributed by atoms with Gasteiger partial charge in [-0.2, -0.15) is 0 Å². The second-order valence-electron chi connectivity index (χ2n) is 19.7. The number of phenolic OH excluding ortho intramolecular Hbond substituents is 1. The number of anilines is 2. The molecule has 21 heteroatoms. The summed E-state index contributed by atoms with van der Waals surface area (Å²) in [6.45, 7) is 13.8. The average molecular weight is 1030 g/mol. The zero-order chi connectivity index (χ0) is 54.2. The first-order chi connectivity index (χ1) is 34.9. The molecule has 398 valence electrons. The Balaban J connectivity index is 1.25. The number of esters is 1. The molecular formula is C53H64FN5O15. The zero-order valence-electron chi connectivity index (χ0n) is 43.0. The smallest absolute Gasteiger partial charge is 0.414 e. The van der Waals surface area contributed by atoms with Gasteiger partial charge >= 0.3 is 17.8 Å². The van der Waals surface area contributed by atoms with Gasteiger partial charge in [0.15, 0.2) is 0 Å². The van der Waals surface area contributed by atoms with Crippen LogP contribution in [0.3, 0.4) is 0 Å². The van der Waals surface area contributed by atoms with E-state index in [1.807, 2.05) is 0 Å². The standard InChI is InChI=1S/C53H64FN5O15/c1-25-12-11-13-26(2)51(68)56-41-42(58-19-17-57(18-20-58)36-15-14-33(22-35(36)54)59-24-34(73-52(59)69)23-55-31(7)60)47(66)38-39(46(41)65)45(64)30(6)49-40(38)50(67)53(9,74-49)71-21-16-37(70-10)27(3)48(72-32(8)61)29(5)44(63)28(4)43(25)62/h11-16,21-22,25,27-29,34,37,43-44,48,62-64H,17-20,23-24H2,1-10H3,(H,55,60)(H,56,68)/b12-11+,21-16+,26-13-/t25-,27+,28+,29+,34-,37-,43-,44+,48+,53-/m0/s1. The van der Waals surface area contributed by atoms with Crippen LogP contribution in [0.4, 0.5) is 20.6 Å². The van der Waals surface area contributed by atoms with E-state index in [4.69, 9.17) is 23.7 Å². The number of rotatable bonds is 7. The highest BCUT2D eigenvalue weighted by Gasteiger charge is 2.53. The van der Waals surface area contributed by atoms with Crippen molar-refractivity contribution in [2.75, 3.05) is 56.2 Å². The van der Waals surface area contributed by atoms with Crippen LogP contribution in [-0.4, -0.2) is 144 Å². The van der Waals surface area contributed by atoms with Gasteiger partial charge in [-0.25, -0.2) is 9.18 Å². The lowest BCUT2D eigenvalue weighted by molar-refractivity contribution is -0.160. The summed E-state index contributed by atoms with van der Waals surface area (Å²) >= 11 is 0. The van der Waals surface area contributed by atoms with Gasteiger partial charge in [-0.05, 0) is 38.1 Å². The number of hydrogen-bond donors (Lipinski definition) is 5. The molecule has 0 unspecified atom stereocenters. The Kier molecular flexibility index (Phi) is 16.1. The van der Waals surface area contributed by atoms with Gasteiger partial charge in [0.05, 0.1) is 65.7 Å². The summed E-state index contributed by atoms with van der Waals surface area (Å²) in [6, 6.07) is 4.24. The van der Waals surface area contributed by atoms with Crippen LogP contribution >= 0.6 is 0 Å². The molecule has 0 radical (unpaired) electrons. The fourth-order valence-electron chi connectivity index (χ4n) is 10.2. The highest BCUT2D eigenvalue weighted by Crippen LogP contribution is 2.49. The highest BCUT2D eigenvalue weighted by atomic mass is 19.1. The minimum atomic E-state index is -2.17.